The molecular formula is C67H114O6. The maximum atomic E-state index is 12.9. The van der Waals surface area contributed by atoms with Crippen LogP contribution < -0.4 is 0 Å². The normalized spacial score (nSPS) is 12.8. The molecule has 418 valence electrons. The molecule has 0 saturated heterocycles. The number of carbonyl (C=O) groups excluding carboxylic acids is 3. The van der Waals surface area contributed by atoms with Gasteiger partial charge in [-0.3, -0.25) is 14.4 Å². The van der Waals surface area contributed by atoms with Crippen LogP contribution in [0.3, 0.4) is 0 Å². The van der Waals surface area contributed by atoms with E-state index in [1.54, 1.807) is 0 Å². The van der Waals surface area contributed by atoms with Gasteiger partial charge in [0.1, 0.15) is 13.2 Å². The highest BCUT2D eigenvalue weighted by Crippen LogP contribution is 2.15. The van der Waals surface area contributed by atoms with Crippen LogP contribution in [0.1, 0.15) is 290 Å². The summed E-state index contributed by atoms with van der Waals surface area (Å²) in [7, 11) is 0. The largest absolute Gasteiger partial charge is 0.462 e. The lowest BCUT2D eigenvalue weighted by Gasteiger charge is -2.18. The third-order valence-corrected chi connectivity index (χ3v) is 13.0. The lowest BCUT2D eigenvalue weighted by molar-refractivity contribution is -0.167. The monoisotopic (exact) mass is 1010 g/mol. The van der Waals surface area contributed by atoms with Gasteiger partial charge in [0, 0.05) is 19.3 Å². The van der Waals surface area contributed by atoms with Crippen LogP contribution in [0.25, 0.3) is 0 Å². The number of hydrogen-bond acceptors (Lipinski definition) is 6. The summed E-state index contributed by atoms with van der Waals surface area (Å²) in [4.78, 5) is 38.3. The number of allylic oxidation sites excluding steroid dienone is 16. The maximum Gasteiger partial charge on any atom is 0.306 e. The van der Waals surface area contributed by atoms with Crippen LogP contribution in [0.5, 0.6) is 0 Å². The van der Waals surface area contributed by atoms with Gasteiger partial charge in [0.15, 0.2) is 6.10 Å². The fourth-order valence-corrected chi connectivity index (χ4v) is 8.44. The number of esters is 3. The smallest absolute Gasteiger partial charge is 0.306 e. The summed E-state index contributed by atoms with van der Waals surface area (Å²) in [5.74, 6) is -0.907. The molecule has 0 N–H and O–H groups in total. The van der Waals surface area contributed by atoms with Crippen molar-refractivity contribution >= 4 is 17.9 Å². The molecule has 0 heterocycles. The molecule has 0 radical (unpaired) electrons. The van der Waals surface area contributed by atoms with Gasteiger partial charge in [-0.2, -0.15) is 0 Å². The second-order valence-electron chi connectivity index (χ2n) is 20.2. The van der Waals surface area contributed by atoms with Crippen LogP contribution in [0.15, 0.2) is 97.2 Å². The predicted octanol–water partition coefficient (Wildman–Crippen LogP) is 20.9. The molecule has 1 unspecified atom stereocenters. The topological polar surface area (TPSA) is 78.9 Å². The van der Waals surface area contributed by atoms with Gasteiger partial charge in [0.2, 0.25) is 0 Å². The SMILES string of the molecule is CC/C=C\C/C=C\C/C=C\C/C=C\CCCCCCCCCCC(=O)OCC(COC(=O)CCCCCCC/C=C\C/C=C\CCC)OC(=O)CCCCCCCCCCC/C=C\C/C=C\CCCCCCC. The van der Waals surface area contributed by atoms with Crippen molar-refractivity contribution in [2.45, 2.75) is 297 Å². The number of ether oxygens (including phenoxy) is 3. The summed E-state index contributed by atoms with van der Waals surface area (Å²) >= 11 is 0. The zero-order valence-electron chi connectivity index (χ0n) is 47.9. The van der Waals surface area contributed by atoms with E-state index in [9.17, 15) is 14.4 Å². The average molecular weight is 1020 g/mol. The second kappa shape index (κ2) is 60.9. The van der Waals surface area contributed by atoms with Crippen molar-refractivity contribution in [3.8, 4) is 0 Å². The molecule has 0 bridgehead atoms. The predicted molar refractivity (Wildman–Crippen MR) is 316 cm³/mol. The Morgan fingerprint density at radius 1 is 0.288 bits per heavy atom. The third kappa shape index (κ3) is 59.1. The molecule has 1 atom stereocenters. The van der Waals surface area contributed by atoms with Crippen LogP contribution in [0.2, 0.25) is 0 Å². The van der Waals surface area contributed by atoms with Gasteiger partial charge in [-0.15, -0.1) is 0 Å². The lowest BCUT2D eigenvalue weighted by atomic mass is 10.1. The molecule has 0 amide bonds. The van der Waals surface area contributed by atoms with Gasteiger partial charge in [-0.05, 0) is 116 Å². The molecule has 0 saturated carbocycles. The molecule has 0 rings (SSSR count). The van der Waals surface area contributed by atoms with E-state index in [4.69, 9.17) is 14.2 Å². The molecule has 6 nitrogen and oxygen atoms in total. The highest BCUT2D eigenvalue weighted by atomic mass is 16.6. The molecule has 6 heteroatoms. The minimum Gasteiger partial charge on any atom is -0.462 e. The Kier molecular flexibility index (Phi) is 57.8. The molecule has 0 fully saturated rings. The number of rotatable bonds is 55. The quantitative estimate of drug-likeness (QED) is 0.0261. The molecule has 0 aliphatic rings. The van der Waals surface area contributed by atoms with E-state index >= 15 is 0 Å². The Labute approximate surface area is 451 Å². The van der Waals surface area contributed by atoms with E-state index in [1.807, 2.05) is 0 Å². The van der Waals surface area contributed by atoms with Gasteiger partial charge in [-0.1, -0.05) is 253 Å². The fraction of sp³-hybridized carbons (Fsp3) is 0.716. The minimum atomic E-state index is -0.791. The zero-order chi connectivity index (χ0) is 52.9. The molecular weight excluding hydrogens is 901 g/mol. The first-order valence-electron chi connectivity index (χ1n) is 30.7. The third-order valence-electron chi connectivity index (χ3n) is 13.0. The number of unbranched alkanes of at least 4 members (excludes halogenated alkanes) is 28. The zero-order valence-corrected chi connectivity index (χ0v) is 47.9. The van der Waals surface area contributed by atoms with E-state index in [0.29, 0.717) is 19.3 Å². The van der Waals surface area contributed by atoms with Gasteiger partial charge in [0.25, 0.3) is 0 Å². The van der Waals surface area contributed by atoms with Crippen molar-refractivity contribution in [2.75, 3.05) is 13.2 Å². The summed E-state index contributed by atoms with van der Waals surface area (Å²) in [5, 5.41) is 0. The van der Waals surface area contributed by atoms with Crippen LogP contribution >= 0.6 is 0 Å². The first-order chi connectivity index (χ1) is 36.0. The van der Waals surface area contributed by atoms with E-state index in [0.717, 1.165) is 128 Å². The molecule has 0 aliphatic heterocycles. The minimum absolute atomic E-state index is 0.0881. The van der Waals surface area contributed by atoms with Crippen LogP contribution in [-0.2, 0) is 28.6 Å². The standard InChI is InChI=1S/C67H114O6/c1-4-7-10-13-16-19-22-25-27-29-31-33-35-37-39-42-45-48-51-54-57-60-66(69)72-63-64(62-71-65(68)59-56-53-50-47-44-41-24-21-18-15-12-9-6-3)73-67(70)61-58-55-52-49-46-43-40-38-36-34-32-30-28-26-23-20-17-14-11-8-5-2/h7,10,12,15-16,19,21,23-27,30-33,64H,4-6,8-9,11,13-14,17-18,20,22,28-29,34-63H2,1-3H3/b10-7-,15-12-,19-16-,24-21-,26-23-,27-25-,32-30-,33-31-. The van der Waals surface area contributed by atoms with E-state index in [1.165, 1.54) is 122 Å². The van der Waals surface area contributed by atoms with Crippen molar-refractivity contribution in [3.05, 3.63) is 97.2 Å². The summed E-state index contributed by atoms with van der Waals surface area (Å²) in [6.07, 6.45) is 81.1. The molecule has 0 aromatic heterocycles. The fourth-order valence-electron chi connectivity index (χ4n) is 8.44. The number of hydrogen-bond donors (Lipinski definition) is 0. The van der Waals surface area contributed by atoms with Gasteiger partial charge < -0.3 is 14.2 Å². The van der Waals surface area contributed by atoms with Crippen molar-refractivity contribution < 1.29 is 28.6 Å². The van der Waals surface area contributed by atoms with Gasteiger partial charge in [0.05, 0.1) is 0 Å². The maximum absolute atomic E-state index is 12.9. The molecule has 0 spiro atoms. The van der Waals surface area contributed by atoms with Gasteiger partial charge in [-0.25, -0.2) is 0 Å². The summed E-state index contributed by atoms with van der Waals surface area (Å²) in [6.45, 7) is 6.45. The Morgan fingerprint density at radius 3 is 0.890 bits per heavy atom. The van der Waals surface area contributed by atoms with Crippen molar-refractivity contribution in [3.63, 3.8) is 0 Å². The second-order valence-corrected chi connectivity index (χ2v) is 20.2. The van der Waals surface area contributed by atoms with Gasteiger partial charge >= 0.3 is 17.9 Å². The van der Waals surface area contributed by atoms with Crippen molar-refractivity contribution in [2.24, 2.45) is 0 Å². The highest BCUT2D eigenvalue weighted by molar-refractivity contribution is 5.71. The number of carbonyl (C=O) groups is 3. The molecule has 0 aromatic rings. The Morgan fingerprint density at radius 2 is 0.562 bits per heavy atom. The summed E-state index contributed by atoms with van der Waals surface area (Å²) in [6, 6.07) is 0. The summed E-state index contributed by atoms with van der Waals surface area (Å²) < 4.78 is 16.9. The molecule has 0 aromatic carbocycles. The molecule has 73 heavy (non-hydrogen) atoms. The Hall–Kier alpha value is -3.67. The first-order valence-corrected chi connectivity index (χ1v) is 30.7. The van der Waals surface area contributed by atoms with E-state index in [-0.39, 0.29) is 31.1 Å². The van der Waals surface area contributed by atoms with Crippen LogP contribution in [-0.4, -0.2) is 37.2 Å². The molecule has 0 aliphatic carbocycles. The Bertz CT molecular complexity index is 1440. The van der Waals surface area contributed by atoms with E-state index < -0.39 is 6.10 Å². The van der Waals surface area contributed by atoms with E-state index in [2.05, 4.69) is 118 Å². The van der Waals surface area contributed by atoms with Crippen LogP contribution in [0.4, 0.5) is 0 Å². The Balaban J connectivity index is 4.38. The summed E-state index contributed by atoms with van der Waals surface area (Å²) in [5.41, 5.74) is 0. The lowest BCUT2D eigenvalue weighted by Crippen LogP contribution is -2.30. The van der Waals surface area contributed by atoms with Crippen molar-refractivity contribution in [1.82, 2.24) is 0 Å². The first kappa shape index (κ1) is 69.3. The van der Waals surface area contributed by atoms with Crippen molar-refractivity contribution in [1.29, 1.82) is 0 Å². The average Bonchev–Trinajstić information content (AvgIpc) is 3.39. The highest BCUT2D eigenvalue weighted by Gasteiger charge is 2.19. The van der Waals surface area contributed by atoms with Crippen LogP contribution in [0, 0.1) is 0 Å².